The van der Waals surface area contributed by atoms with Crippen LogP contribution in [-0.4, -0.2) is 47.9 Å². The van der Waals surface area contributed by atoms with Crippen LogP contribution in [-0.2, 0) is 16.1 Å². The van der Waals surface area contributed by atoms with Gasteiger partial charge in [0.15, 0.2) is 0 Å². The van der Waals surface area contributed by atoms with E-state index in [1.807, 2.05) is 23.1 Å². The molecule has 0 bridgehead atoms. The molecule has 1 aliphatic carbocycles. The molecule has 3 fully saturated rings. The van der Waals surface area contributed by atoms with E-state index in [2.05, 4.69) is 15.6 Å². The van der Waals surface area contributed by atoms with Gasteiger partial charge in [-0.3, -0.25) is 14.9 Å². The molecular formula is C24H33N5O3. The maximum atomic E-state index is 12.2. The number of carbonyl (C=O) groups is 2. The number of nitrogens with zero attached hydrogens (tertiary/aromatic N) is 2. The molecule has 3 heterocycles. The van der Waals surface area contributed by atoms with Crippen LogP contribution in [0, 0.1) is 11.8 Å². The van der Waals surface area contributed by atoms with Gasteiger partial charge in [-0.25, -0.2) is 4.99 Å². The van der Waals surface area contributed by atoms with Gasteiger partial charge in [-0.1, -0.05) is 12.8 Å². The van der Waals surface area contributed by atoms with Crippen LogP contribution in [0.3, 0.4) is 0 Å². The third-order valence-electron chi connectivity index (χ3n) is 7.49. The minimum absolute atomic E-state index is 0.0245. The Morgan fingerprint density at radius 1 is 1.22 bits per heavy atom. The van der Waals surface area contributed by atoms with E-state index in [4.69, 9.17) is 10.5 Å². The zero-order valence-electron chi connectivity index (χ0n) is 18.5. The average Bonchev–Trinajstić information content (AvgIpc) is 3.15. The molecule has 8 heteroatoms. The Balaban J connectivity index is 1.13. The highest BCUT2D eigenvalue weighted by Crippen LogP contribution is 2.35. The maximum absolute atomic E-state index is 12.2. The van der Waals surface area contributed by atoms with Gasteiger partial charge in [-0.15, -0.1) is 0 Å². The lowest BCUT2D eigenvalue weighted by molar-refractivity contribution is -0.123. The number of piperidine rings is 1. The number of nitrogens with one attached hydrogen (secondary N) is 2. The molecule has 8 nitrogen and oxygen atoms in total. The van der Waals surface area contributed by atoms with Crippen LogP contribution in [0.5, 0.6) is 5.75 Å². The third kappa shape index (κ3) is 4.46. The monoisotopic (exact) mass is 439 g/mol. The second-order valence-corrected chi connectivity index (χ2v) is 9.63. The standard InChI is InChI=1S/C24H33N5O3/c25-23(31)18(21-9-7-15-4-1-2-6-19(15)26-21)5-3-11-32-17-8-10-20-16(12-17)13-29-14-22(30)28-24(29)27-20/h8,10,12,15,18-19,21,26H,1-7,9,11,13-14H2,(H2,25,31)(H,27,28,30). The molecular weight excluding hydrogens is 406 g/mol. The number of nitrogens with two attached hydrogens (primary N) is 1. The lowest BCUT2D eigenvalue weighted by Crippen LogP contribution is -2.54. The van der Waals surface area contributed by atoms with Crippen molar-refractivity contribution in [1.82, 2.24) is 15.5 Å². The highest BCUT2D eigenvalue weighted by atomic mass is 16.5. The van der Waals surface area contributed by atoms with E-state index in [-0.39, 0.29) is 23.8 Å². The predicted octanol–water partition coefficient (Wildman–Crippen LogP) is 2.19. The minimum Gasteiger partial charge on any atom is -0.494 e. The molecule has 172 valence electrons. The molecule has 0 spiro atoms. The number of hydrogen-bond acceptors (Lipinski definition) is 6. The molecule has 5 rings (SSSR count). The van der Waals surface area contributed by atoms with E-state index in [1.165, 1.54) is 32.1 Å². The SMILES string of the molecule is NC(=O)C(CCCOc1ccc2c(c1)CN1CC(=O)NC1=N2)C1CCC2CCCCC2N1. The summed E-state index contributed by atoms with van der Waals surface area (Å²) in [7, 11) is 0. The Labute approximate surface area is 189 Å². The molecule has 1 aromatic carbocycles. The summed E-state index contributed by atoms with van der Waals surface area (Å²) in [6.45, 7) is 1.53. The van der Waals surface area contributed by atoms with E-state index in [9.17, 15) is 9.59 Å². The molecule has 4 unspecified atom stereocenters. The van der Waals surface area contributed by atoms with Gasteiger partial charge in [0, 0.05) is 24.2 Å². The first-order valence-electron chi connectivity index (χ1n) is 12.0. The zero-order chi connectivity index (χ0) is 22.1. The number of fused-ring (bicyclic) bond motifs is 3. The van der Waals surface area contributed by atoms with Crippen molar-refractivity contribution >= 4 is 23.5 Å². The summed E-state index contributed by atoms with van der Waals surface area (Å²) in [6.07, 6.45) is 8.94. The number of hydrogen-bond donors (Lipinski definition) is 3. The van der Waals surface area contributed by atoms with Crippen molar-refractivity contribution in [3.63, 3.8) is 0 Å². The average molecular weight is 440 g/mol. The molecule has 0 radical (unpaired) electrons. The number of primary amides is 1. The van der Waals surface area contributed by atoms with Gasteiger partial charge in [-0.05, 0) is 62.6 Å². The molecule has 3 aliphatic heterocycles. The highest BCUT2D eigenvalue weighted by molar-refractivity contribution is 6.05. The smallest absolute Gasteiger partial charge is 0.246 e. The summed E-state index contributed by atoms with van der Waals surface area (Å²) in [4.78, 5) is 30.2. The van der Waals surface area contributed by atoms with Gasteiger partial charge in [0.1, 0.15) is 12.3 Å². The predicted molar refractivity (Wildman–Crippen MR) is 121 cm³/mol. The molecule has 4 atom stereocenters. The van der Waals surface area contributed by atoms with Crippen molar-refractivity contribution < 1.29 is 14.3 Å². The normalized spacial score (nSPS) is 27.5. The number of carbonyl (C=O) groups excluding carboxylic acids is 2. The maximum Gasteiger partial charge on any atom is 0.246 e. The lowest BCUT2D eigenvalue weighted by Gasteiger charge is -2.42. The largest absolute Gasteiger partial charge is 0.494 e. The molecule has 4 aliphatic rings. The Kier molecular flexibility index (Phi) is 6.04. The fraction of sp³-hybridized carbons (Fsp3) is 0.625. The summed E-state index contributed by atoms with van der Waals surface area (Å²) in [6, 6.07) is 6.58. The van der Waals surface area contributed by atoms with Crippen molar-refractivity contribution in [1.29, 1.82) is 0 Å². The van der Waals surface area contributed by atoms with E-state index in [0.717, 1.165) is 42.2 Å². The van der Waals surface area contributed by atoms with Crippen LogP contribution in [0.1, 0.15) is 56.9 Å². The van der Waals surface area contributed by atoms with Crippen molar-refractivity contribution in [2.24, 2.45) is 22.6 Å². The summed E-state index contributed by atoms with van der Waals surface area (Å²) < 4.78 is 5.99. The van der Waals surface area contributed by atoms with E-state index in [0.29, 0.717) is 31.7 Å². The zero-order valence-corrected chi connectivity index (χ0v) is 18.5. The fourth-order valence-electron chi connectivity index (χ4n) is 5.80. The van der Waals surface area contributed by atoms with Crippen molar-refractivity contribution in [2.75, 3.05) is 13.2 Å². The molecule has 2 amide bonds. The van der Waals surface area contributed by atoms with E-state index >= 15 is 0 Å². The minimum atomic E-state index is -0.201. The first-order valence-corrected chi connectivity index (χ1v) is 12.0. The number of benzene rings is 1. The van der Waals surface area contributed by atoms with Gasteiger partial charge in [0.05, 0.1) is 18.2 Å². The first-order chi connectivity index (χ1) is 15.6. The Hall–Kier alpha value is -2.61. The van der Waals surface area contributed by atoms with Gasteiger partial charge in [-0.2, -0.15) is 0 Å². The second kappa shape index (κ2) is 9.10. The Morgan fingerprint density at radius 2 is 2.09 bits per heavy atom. The van der Waals surface area contributed by atoms with Crippen molar-refractivity contribution in [3.8, 4) is 5.75 Å². The number of guanidine groups is 1. The van der Waals surface area contributed by atoms with Crippen LogP contribution in [0.15, 0.2) is 23.2 Å². The third-order valence-corrected chi connectivity index (χ3v) is 7.49. The highest BCUT2D eigenvalue weighted by Gasteiger charge is 2.36. The Morgan fingerprint density at radius 3 is 2.97 bits per heavy atom. The first kappa shape index (κ1) is 21.2. The number of amides is 2. The van der Waals surface area contributed by atoms with E-state index in [1.54, 1.807) is 0 Å². The number of rotatable bonds is 7. The molecule has 32 heavy (non-hydrogen) atoms. The quantitative estimate of drug-likeness (QED) is 0.565. The molecule has 4 N–H and O–H groups in total. The van der Waals surface area contributed by atoms with Crippen LogP contribution in [0.25, 0.3) is 0 Å². The van der Waals surface area contributed by atoms with Crippen LogP contribution < -0.4 is 21.1 Å². The molecule has 1 aromatic rings. The van der Waals surface area contributed by atoms with Gasteiger partial charge in [0.2, 0.25) is 17.8 Å². The summed E-state index contributed by atoms with van der Waals surface area (Å²) in [5, 5.41) is 6.54. The van der Waals surface area contributed by atoms with Crippen LogP contribution in [0.4, 0.5) is 5.69 Å². The molecule has 2 saturated heterocycles. The molecule has 1 saturated carbocycles. The Bertz CT molecular complexity index is 917. The van der Waals surface area contributed by atoms with E-state index < -0.39 is 0 Å². The summed E-state index contributed by atoms with van der Waals surface area (Å²) >= 11 is 0. The lowest BCUT2D eigenvalue weighted by atomic mass is 9.75. The van der Waals surface area contributed by atoms with Crippen LogP contribution in [0.2, 0.25) is 0 Å². The van der Waals surface area contributed by atoms with Crippen molar-refractivity contribution in [2.45, 2.75) is 70.0 Å². The summed E-state index contributed by atoms with van der Waals surface area (Å²) in [5.74, 6) is 1.83. The number of ether oxygens (including phenoxy) is 1. The van der Waals surface area contributed by atoms with Gasteiger partial charge >= 0.3 is 0 Å². The van der Waals surface area contributed by atoms with Crippen molar-refractivity contribution in [3.05, 3.63) is 23.8 Å². The second-order valence-electron chi connectivity index (χ2n) is 9.63. The van der Waals surface area contributed by atoms with Gasteiger partial charge < -0.3 is 20.7 Å². The van der Waals surface area contributed by atoms with Crippen LogP contribution >= 0.6 is 0 Å². The molecule has 0 aromatic heterocycles. The fourth-order valence-corrected chi connectivity index (χ4v) is 5.80. The topological polar surface area (TPSA) is 109 Å². The van der Waals surface area contributed by atoms with Gasteiger partial charge in [0.25, 0.3) is 0 Å². The number of aliphatic imine (C=N–C) groups is 1. The summed E-state index contributed by atoms with van der Waals surface area (Å²) in [5.41, 5.74) is 7.70.